The van der Waals surface area contributed by atoms with Gasteiger partial charge in [-0.25, -0.2) is 4.98 Å². The van der Waals surface area contributed by atoms with Crippen molar-refractivity contribution < 1.29 is 4.74 Å². The summed E-state index contributed by atoms with van der Waals surface area (Å²) in [6, 6.07) is 8.45. The molecule has 1 aromatic heterocycles. The van der Waals surface area contributed by atoms with E-state index < -0.39 is 0 Å². The lowest BCUT2D eigenvalue weighted by atomic mass is 10.1. The molecule has 0 radical (unpaired) electrons. The third-order valence-corrected chi connectivity index (χ3v) is 4.84. The van der Waals surface area contributed by atoms with Crippen LogP contribution >= 0.6 is 11.3 Å². The van der Waals surface area contributed by atoms with Crippen molar-refractivity contribution in [2.24, 2.45) is 4.99 Å². The largest absolute Gasteiger partial charge is 0.374 e. The van der Waals surface area contributed by atoms with Crippen LogP contribution in [0.3, 0.4) is 0 Å². The van der Waals surface area contributed by atoms with Crippen LogP contribution in [0.2, 0.25) is 0 Å². The zero-order chi connectivity index (χ0) is 18.2. The van der Waals surface area contributed by atoms with Crippen LogP contribution in [-0.4, -0.2) is 24.1 Å². The van der Waals surface area contributed by atoms with Crippen LogP contribution in [0.25, 0.3) is 0 Å². The smallest absolute Gasteiger partial charge is 0.191 e. The maximum absolute atomic E-state index is 5.62. The minimum Gasteiger partial charge on any atom is -0.374 e. The normalized spacial score (nSPS) is 11.8. The first-order valence-electron chi connectivity index (χ1n) is 8.54. The van der Waals surface area contributed by atoms with Gasteiger partial charge in [-0.15, -0.1) is 11.3 Å². The molecule has 0 saturated carbocycles. The summed E-state index contributed by atoms with van der Waals surface area (Å²) >= 11 is 1.72. The number of nitrogens with zero attached hydrogens (tertiary/aromatic N) is 2. The summed E-state index contributed by atoms with van der Waals surface area (Å²) < 4.78 is 5.62. The molecule has 6 heteroatoms. The van der Waals surface area contributed by atoms with Gasteiger partial charge in [-0.2, -0.15) is 0 Å². The van der Waals surface area contributed by atoms with Gasteiger partial charge >= 0.3 is 0 Å². The Labute approximate surface area is 154 Å². The number of aromatic nitrogens is 1. The number of benzene rings is 1. The van der Waals surface area contributed by atoms with Crippen molar-refractivity contribution in [1.29, 1.82) is 0 Å². The highest BCUT2D eigenvalue weighted by Crippen LogP contribution is 2.15. The molecule has 1 heterocycles. The second kappa shape index (κ2) is 9.53. The molecule has 0 amide bonds. The topological polar surface area (TPSA) is 58.5 Å². The third-order valence-electron chi connectivity index (χ3n) is 3.77. The highest BCUT2D eigenvalue weighted by Gasteiger charge is 2.05. The Kier molecular flexibility index (Phi) is 7.40. The molecule has 2 aromatic rings. The fourth-order valence-corrected chi connectivity index (χ4v) is 3.07. The summed E-state index contributed by atoms with van der Waals surface area (Å²) in [5.74, 6) is 0.776. The molecule has 0 aliphatic carbocycles. The van der Waals surface area contributed by atoms with Crippen molar-refractivity contribution in [3.8, 4) is 0 Å². The number of hydrogen-bond acceptors (Lipinski definition) is 4. The van der Waals surface area contributed by atoms with Gasteiger partial charge in [-0.3, -0.25) is 4.99 Å². The van der Waals surface area contributed by atoms with Crippen molar-refractivity contribution in [1.82, 2.24) is 15.6 Å². The lowest BCUT2D eigenvalue weighted by Gasteiger charge is -2.12. The minimum atomic E-state index is 0.251. The van der Waals surface area contributed by atoms with Gasteiger partial charge in [0, 0.05) is 18.5 Å². The molecule has 0 saturated heterocycles. The average Bonchev–Trinajstić information content (AvgIpc) is 2.92. The summed E-state index contributed by atoms with van der Waals surface area (Å²) in [5, 5.41) is 7.72. The van der Waals surface area contributed by atoms with Crippen molar-refractivity contribution in [2.75, 3.05) is 7.05 Å². The van der Waals surface area contributed by atoms with Crippen LogP contribution in [0.5, 0.6) is 0 Å². The number of guanidine groups is 1. The molecule has 1 aromatic carbocycles. The summed E-state index contributed by atoms with van der Waals surface area (Å²) in [4.78, 5) is 10.1. The molecule has 25 heavy (non-hydrogen) atoms. The van der Waals surface area contributed by atoms with Gasteiger partial charge in [0.05, 0.1) is 24.9 Å². The Morgan fingerprint density at radius 1 is 1.12 bits per heavy atom. The quantitative estimate of drug-likeness (QED) is 0.586. The van der Waals surface area contributed by atoms with Crippen LogP contribution in [0.1, 0.15) is 40.6 Å². The van der Waals surface area contributed by atoms with Crippen LogP contribution in [0.15, 0.2) is 29.3 Å². The molecule has 0 aliphatic rings. The van der Waals surface area contributed by atoms with E-state index >= 15 is 0 Å². The molecule has 0 aliphatic heterocycles. The Balaban J connectivity index is 1.80. The van der Waals surface area contributed by atoms with E-state index in [0.29, 0.717) is 13.2 Å². The number of rotatable bonds is 7. The van der Waals surface area contributed by atoms with Crippen LogP contribution in [-0.2, 0) is 24.4 Å². The third kappa shape index (κ3) is 6.48. The van der Waals surface area contributed by atoms with E-state index in [2.05, 4.69) is 51.8 Å². The lowest BCUT2D eigenvalue weighted by Crippen LogP contribution is -2.36. The zero-order valence-electron chi connectivity index (χ0n) is 15.7. The second-order valence-corrected chi connectivity index (χ2v) is 7.49. The summed E-state index contributed by atoms with van der Waals surface area (Å²) in [7, 11) is 1.78. The van der Waals surface area contributed by atoms with Crippen LogP contribution in [0.4, 0.5) is 0 Å². The molecule has 5 nitrogen and oxygen atoms in total. The lowest BCUT2D eigenvalue weighted by molar-refractivity contribution is 0.0657. The molecule has 0 bridgehead atoms. The van der Waals surface area contributed by atoms with E-state index in [0.717, 1.165) is 23.2 Å². The number of ether oxygens (including phenoxy) is 1. The number of aryl methyl sites for hydroxylation is 2. The first-order chi connectivity index (χ1) is 12.0. The highest BCUT2D eigenvalue weighted by molar-refractivity contribution is 7.11. The molecule has 0 spiro atoms. The summed E-state index contributed by atoms with van der Waals surface area (Å²) in [5.41, 5.74) is 3.50. The molecule has 2 rings (SSSR count). The van der Waals surface area contributed by atoms with E-state index in [1.54, 1.807) is 18.4 Å². The van der Waals surface area contributed by atoms with Gasteiger partial charge in [0.2, 0.25) is 0 Å². The van der Waals surface area contributed by atoms with E-state index in [1.165, 1.54) is 16.0 Å². The molecular formula is C19H28N4OS. The minimum absolute atomic E-state index is 0.251. The number of hydrogen-bond donors (Lipinski definition) is 2. The van der Waals surface area contributed by atoms with Crippen molar-refractivity contribution >= 4 is 17.3 Å². The number of thiazole rings is 1. The molecule has 0 atom stereocenters. The van der Waals surface area contributed by atoms with Crippen molar-refractivity contribution in [3.05, 3.63) is 51.0 Å². The molecule has 0 fully saturated rings. The summed E-state index contributed by atoms with van der Waals surface area (Å²) in [6.45, 7) is 10.3. The van der Waals surface area contributed by atoms with Crippen molar-refractivity contribution in [2.45, 2.75) is 53.5 Å². The van der Waals surface area contributed by atoms with Crippen molar-refractivity contribution in [3.63, 3.8) is 0 Å². The first-order valence-corrected chi connectivity index (χ1v) is 9.36. The average molecular weight is 361 g/mol. The van der Waals surface area contributed by atoms with Crippen LogP contribution < -0.4 is 10.6 Å². The SMILES string of the molecule is CN=C(NCc1ccc(COC(C)C)cc1)NCc1nc(C)c(C)s1. The molecule has 2 N–H and O–H groups in total. The monoisotopic (exact) mass is 360 g/mol. The Morgan fingerprint density at radius 2 is 1.76 bits per heavy atom. The Bertz CT molecular complexity index is 672. The predicted molar refractivity (Wildman–Crippen MR) is 105 cm³/mol. The van der Waals surface area contributed by atoms with Gasteiger partial charge in [0.25, 0.3) is 0 Å². The molecular weight excluding hydrogens is 332 g/mol. The Morgan fingerprint density at radius 3 is 2.32 bits per heavy atom. The van der Waals surface area contributed by atoms with E-state index in [4.69, 9.17) is 4.74 Å². The summed E-state index contributed by atoms with van der Waals surface area (Å²) in [6.07, 6.45) is 0.251. The van der Waals surface area contributed by atoms with E-state index in [9.17, 15) is 0 Å². The fourth-order valence-electron chi connectivity index (χ4n) is 2.20. The number of nitrogens with one attached hydrogen (secondary N) is 2. The van der Waals surface area contributed by atoms with Crippen LogP contribution in [0, 0.1) is 13.8 Å². The first kappa shape index (κ1) is 19.4. The standard InChI is InChI=1S/C19H28N4OS/c1-13(2)24-12-17-8-6-16(7-9-17)10-21-19(20-5)22-11-18-23-14(3)15(4)25-18/h6-9,13H,10-12H2,1-5H3,(H2,20,21,22). The Hall–Kier alpha value is -1.92. The van der Waals surface area contributed by atoms with Gasteiger partial charge < -0.3 is 15.4 Å². The zero-order valence-corrected chi connectivity index (χ0v) is 16.5. The van der Waals surface area contributed by atoms with Gasteiger partial charge in [0.1, 0.15) is 5.01 Å². The molecule has 136 valence electrons. The van der Waals surface area contributed by atoms with E-state index in [1.807, 2.05) is 20.8 Å². The van der Waals surface area contributed by atoms with E-state index in [-0.39, 0.29) is 6.10 Å². The maximum Gasteiger partial charge on any atom is 0.191 e. The highest BCUT2D eigenvalue weighted by atomic mass is 32.1. The molecule has 0 unspecified atom stereocenters. The second-order valence-electron chi connectivity index (χ2n) is 6.20. The number of aliphatic imine (C=N–C) groups is 1. The fraction of sp³-hybridized carbons (Fsp3) is 0.474. The predicted octanol–water partition coefficient (Wildman–Crippen LogP) is 3.55. The maximum atomic E-state index is 5.62. The van der Waals surface area contributed by atoms with Gasteiger partial charge in [-0.05, 0) is 38.8 Å². The van der Waals surface area contributed by atoms with Gasteiger partial charge in [0.15, 0.2) is 5.96 Å². The van der Waals surface area contributed by atoms with Gasteiger partial charge in [-0.1, -0.05) is 24.3 Å².